The summed E-state index contributed by atoms with van der Waals surface area (Å²) in [6, 6.07) is 5.19. The van der Waals surface area contributed by atoms with Crippen LogP contribution in [0.4, 0.5) is 4.39 Å². The first kappa shape index (κ1) is 13.2. The minimum absolute atomic E-state index is 0.218. The molecule has 0 atom stereocenters. The number of nitrogens with zero attached hydrogens (tertiary/aromatic N) is 1. The summed E-state index contributed by atoms with van der Waals surface area (Å²) in [6.07, 6.45) is 5.52. The fourth-order valence-electron chi connectivity index (χ4n) is 1.70. The predicted molar refractivity (Wildman–Crippen MR) is 72.7 cm³/mol. The fraction of sp³-hybridized carbons (Fsp3) is 0.308. The Morgan fingerprint density at radius 2 is 2.28 bits per heavy atom. The number of benzene rings is 1. The normalized spacial score (nSPS) is 10.8. The molecule has 96 valence electrons. The Bertz CT molecular complexity index is 485. The van der Waals surface area contributed by atoms with E-state index in [9.17, 15) is 4.39 Å². The second kappa shape index (κ2) is 6.66. The van der Waals surface area contributed by atoms with E-state index >= 15 is 0 Å². The van der Waals surface area contributed by atoms with Crippen molar-refractivity contribution in [1.29, 1.82) is 0 Å². The first-order chi connectivity index (χ1) is 8.75. The van der Waals surface area contributed by atoms with Crippen molar-refractivity contribution in [3.63, 3.8) is 0 Å². The highest BCUT2D eigenvalue weighted by Crippen LogP contribution is 2.16. The van der Waals surface area contributed by atoms with Gasteiger partial charge in [-0.2, -0.15) is 0 Å². The lowest BCUT2D eigenvalue weighted by atomic mass is 10.2. The molecular formula is C13H15BrFN3. The molecule has 2 N–H and O–H groups in total. The van der Waals surface area contributed by atoms with E-state index in [1.807, 2.05) is 12.3 Å². The fourth-order valence-corrected chi connectivity index (χ4v) is 1.94. The maximum Gasteiger partial charge on any atom is 0.137 e. The van der Waals surface area contributed by atoms with Gasteiger partial charge in [0, 0.05) is 25.4 Å². The van der Waals surface area contributed by atoms with Crippen LogP contribution >= 0.6 is 15.9 Å². The third-order valence-electron chi connectivity index (χ3n) is 2.64. The molecule has 2 rings (SSSR count). The molecule has 1 heterocycles. The molecule has 1 aromatic carbocycles. The molecule has 0 bridgehead atoms. The Morgan fingerprint density at radius 3 is 3.00 bits per heavy atom. The summed E-state index contributed by atoms with van der Waals surface area (Å²) in [6.45, 7) is 1.57. The first-order valence-electron chi connectivity index (χ1n) is 5.88. The molecule has 0 saturated heterocycles. The molecule has 0 aliphatic carbocycles. The lowest BCUT2D eigenvalue weighted by Gasteiger charge is -2.05. The van der Waals surface area contributed by atoms with Gasteiger partial charge in [0.15, 0.2) is 0 Å². The molecule has 0 radical (unpaired) electrons. The van der Waals surface area contributed by atoms with E-state index in [1.54, 1.807) is 18.3 Å². The number of rotatable bonds is 6. The molecule has 18 heavy (non-hydrogen) atoms. The van der Waals surface area contributed by atoms with Gasteiger partial charge >= 0.3 is 0 Å². The lowest BCUT2D eigenvalue weighted by molar-refractivity contribution is 0.609. The predicted octanol–water partition coefficient (Wildman–Crippen LogP) is 3.03. The minimum Gasteiger partial charge on any atom is -0.349 e. The molecule has 0 saturated carbocycles. The summed E-state index contributed by atoms with van der Waals surface area (Å²) in [4.78, 5) is 7.22. The third kappa shape index (κ3) is 3.92. The van der Waals surface area contributed by atoms with Gasteiger partial charge in [0.05, 0.1) is 4.47 Å². The molecule has 1 aromatic heterocycles. The van der Waals surface area contributed by atoms with Crippen molar-refractivity contribution in [2.24, 2.45) is 0 Å². The Kier molecular flexibility index (Phi) is 4.90. The summed E-state index contributed by atoms with van der Waals surface area (Å²) in [7, 11) is 0. The van der Waals surface area contributed by atoms with E-state index < -0.39 is 0 Å². The first-order valence-corrected chi connectivity index (χ1v) is 6.68. The van der Waals surface area contributed by atoms with E-state index in [1.165, 1.54) is 0 Å². The van der Waals surface area contributed by atoms with E-state index in [0.717, 1.165) is 30.8 Å². The molecule has 3 nitrogen and oxygen atoms in total. The Morgan fingerprint density at radius 1 is 1.39 bits per heavy atom. The van der Waals surface area contributed by atoms with Gasteiger partial charge in [0.1, 0.15) is 11.6 Å². The van der Waals surface area contributed by atoms with Gasteiger partial charge in [0.25, 0.3) is 0 Å². The number of halogens is 2. The molecule has 0 aliphatic rings. The van der Waals surface area contributed by atoms with E-state index in [2.05, 4.69) is 31.2 Å². The van der Waals surface area contributed by atoms with Gasteiger partial charge < -0.3 is 10.3 Å². The minimum atomic E-state index is -0.218. The molecule has 0 aliphatic heterocycles. The summed E-state index contributed by atoms with van der Waals surface area (Å²) in [5.74, 6) is 0.788. The van der Waals surface area contributed by atoms with Crippen LogP contribution in [0.25, 0.3) is 0 Å². The van der Waals surface area contributed by atoms with E-state index in [0.29, 0.717) is 11.0 Å². The molecular weight excluding hydrogens is 297 g/mol. The Balaban J connectivity index is 1.67. The number of hydrogen-bond acceptors (Lipinski definition) is 2. The van der Waals surface area contributed by atoms with Crippen molar-refractivity contribution in [1.82, 2.24) is 15.3 Å². The smallest absolute Gasteiger partial charge is 0.137 e. The van der Waals surface area contributed by atoms with Gasteiger partial charge in [-0.15, -0.1) is 0 Å². The number of H-pyrrole nitrogens is 1. The van der Waals surface area contributed by atoms with Crippen LogP contribution in [0.5, 0.6) is 0 Å². The summed E-state index contributed by atoms with van der Waals surface area (Å²) < 4.78 is 13.8. The summed E-state index contributed by atoms with van der Waals surface area (Å²) in [5.41, 5.74) is 0.952. The Labute approximate surface area is 114 Å². The van der Waals surface area contributed by atoms with Gasteiger partial charge in [-0.05, 0) is 46.6 Å². The van der Waals surface area contributed by atoms with Gasteiger partial charge in [-0.1, -0.05) is 6.07 Å². The van der Waals surface area contributed by atoms with Crippen LogP contribution in [-0.4, -0.2) is 16.5 Å². The van der Waals surface area contributed by atoms with Crippen molar-refractivity contribution in [2.45, 2.75) is 19.4 Å². The average Bonchev–Trinajstić information content (AvgIpc) is 2.86. The number of hydrogen-bond donors (Lipinski definition) is 2. The zero-order valence-corrected chi connectivity index (χ0v) is 11.5. The van der Waals surface area contributed by atoms with Crippen LogP contribution in [0.15, 0.2) is 35.1 Å². The highest BCUT2D eigenvalue weighted by Gasteiger charge is 2.00. The standard InChI is InChI=1S/C13H15BrFN3/c14-11-4-3-10(8-12(11)15)9-16-5-1-2-13-17-6-7-18-13/h3-4,6-8,16H,1-2,5,9H2,(H,17,18). The van der Waals surface area contributed by atoms with Crippen molar-refractivity contribution in [3.05, 3.63) is 52.3 Å². The second-order valence-electron chi connectivity index (χ2n) is 4.06. The van der Waals surface area contributed by atoms with Crippen LogP contribution in [0, 0.1) is 5.82 Å². The van der Waals surface area contributed by atoms with E-state index in [4.69, 9.17) is 0 Å². The molecule has 0 amide bonds. The van der Waals surface area contributed by atoms with Crippen LogP contribution < -0.4 is 5.32 Å². The SMILES string of the molecule is Fc1cc(CNCCCc2ncc[nH]2)ccc1Br. The van der Waals surface area contributed by atoms with Crippen molar-refractivity contribution in [3.8, 4) is 0 Å². The maximum absolute atomic E-state index is 13.3. The topological polar surface area (TPSA) is 40.7 Å². The highest BCUT2D eigenvalue weighted by atomic mass is 79.9. The van der Waals surface area contributed by atoms with E-state index in [-0.39, 0.29) is 5.82 Å². The van der Waals surface area contributed by atoms with Crippen molar-refractivity contribution in [2.75, 3.05) is 6.54 Å². The number of aryl methyl sites for hydroxylation is 1. The molecule has 2 aromatic rings. The van der Waals surface area contributed by atoms with Crippen molar-refractivity contribution >= 4 is 15.9 Å². The number of aromatic amines is 1. The third-order valence-corrected chi connectivity index (χ3v) is 3.28. The highest BCUT2D eigenvalue weighted by molar-refractivity contribution is 9.10. The van der Waals surface area contributed by atoms with Crippen LogP contribution in [0.3, 0.4) is 0 Å². The molecule has 0 unspecified atom stereocenters. The zero-order chi connectivity index (χ0) is 12.8. The zero-order valence-electron chi connectivity index (χ0n) is 9.92. The van der Waals surface area contributed by atoms with Gasteiger partial charge in [-0.25, -0.2) is 9.37 Å². The Hall–Kier alpha value is -1.20. The number of imidazole rings is 1. The largest absolute Gasteiger partial charge is 0.349 e. The van der Waals surface area contributed by atoms with Crippen LogP contribution in [0.2, 0.25) is 0 Å². The second-order valence-corrected chi connectivity index (χ2v) is 4.92. The number of nitrogens with one attached hydrogen (secondary N) is 2. The van der Waals surface area contributed by atoms with Crippen LogP contribution in [0.1, 0.15) is 17.8 Å². The summed E-state index contributed by atoms with van der Waals surface area (Å²) >= 11 is 3.14. The van der Waals surface area contributed by atoms with Gasteiger partial charge in [0.2, 0.25) is 0 Å². The lowest BCUT2D eigenvalue weighted by Crippen LogP contribution is -2.15. The molecule has 0 fully saturated rings. The summed E-state index contributed by atoms with van der Waals surface area (Å²) in [5, 5.41) is 3.29. The maximum atomic E-state index is 13.3. The molecule has 5 heteroatoms. The number of aromatic nitrogens is 2. The monoisotopic (exact) mass is 311 g/mol. The van der Waals surface area contributed by atoms with Crippen LogP contribution in [-0.2, 0) is 13.0 Å². The van der Waals surface area contributed by atoms with Crippen molar-refractivity contribution < 1.29 is 4.39 Å². The molecule has 0 spiro atoms. The average molecular weight is 312 g/mol. The van der Waals surface area contributed by atoms with Gasteiger partial charge in [-0.3, -0.25) is 0 Å². The quantitative estimate of drug-likeness (QED) is 0.805.